The summed E-state index contributed by atoms with van der Waals surface area (Å²) in [6.45, 7) is -0.0911. The van der Waals surface area contributed by atoms with Gasteiger partial charge in [-0.05, 0) is 0 Å². The summed E-state index contributed by atoms with van der Waals surface area (Å²) in [6.07, 6.45) is -3.60. The highest BCUT2D eigenvalue weighted by atomic mass is 19.4. The number of allylic oxidation sites excluding steroid dienone is 1. The maximum Gasteiger partial charge on any atom is 0.454 e. The molecule has 0 heterocycles. The molecule has 0 bridgehead atoms. The smallest absolute Gasteiger partial charge is 0.395 e. The molecule has 0 fully saturated rings. The summed E-state index contributed by atoms with van der Waals surface area (Å²) in [5.41, 5.74) is 0. The Hall–Kier alpha value is -1.04. The summed E-state index contributed by atoms with van der Waals surface area (Å²) in [7, 11) is 0. The van der Waals surface area contributed by atoms with Crippen LogP contribution < -0.4 is 5.32 Å². The van der Waals surface area contributed by atoms with Crippen LogP contribution in [0.3, 0.4) is 0 Å². The SMILES string of the molecule is O=C(/C=C\NCCO)C(F)(F)F. The van der Waals surface area contributed by atoms with E-state index in [1.807, 2.05) is 0 Å². The van der Waals surface area contributed by atoms with Crippen molar-refractivity contribution >= 4 is 5.78 Å². The molecule has 0 aromatic heterocycles. The van der Waals surface area contributed by atoms with E-state index in [-0.39, 0.29) is 13.2 Å². The topological polar surface area (TPSA) is 49.3 Å². The summed E-state index contributed by atoms with van der Waals surface area (Å²) in [5.74, 6) is -1.92. The number of carbonyl (C=O) groups excluding carboxylic acids is 1. The fraction of sp³-hybridized carbons (Fsp3) is 0.500. The molecule has 0 atom stereocenters. The summed E-state index contributed by atoms with van der Waals surface area (Å²) in [4.78, 5) is 10.1. The van der Waals surface area contributed by atoms with E-state index in [0.29, 0.717) is 6.08 Å². The van der Waals surface area contributed by atoms with E-state index in [0.717, 1.165) is 6.20 Å². The minimum absolute atomic E-state index is 0.113. The molecule has 0 aliphatic carbocycles. The van der Waals surface area contributed by atoms with E-state index in [4.69, 9.17) is 5.11 Å². The Morgan fingerprint density at radius 2 is 2.08 bits per heavy atom. The number of hydrogen-bond acceptors (Lipinski definition) is 3. The van der Waals surface area contributed by atoms with Crippen LogP contribution in [0.25, 0.3) is 0 Å². The molecule has 0 aromatic rings. The Bertz CT molecular complexity index is 176. The van der Waals surface area contributed by atoms with Gasteiger partial charge in [0.05, 0.1) is 6.61 Å². The molecule has 0 radical (unpaired) electrons. The summed E-state index contributed by atoms with van der Waals surface area (Å²) in [5, 5.41) is 10.5. The molecular formula is C6H8F3NO2. The molecule has 2 N–H and O–H groups in total. The molecule has 0 spiro atoms. The zero-order chi connectivity index (χ0) is 9.61. The van der Waals surface area contributed by atoms with Crippen LogP contribution in [0.4, 0.5) is 13.2 Å². The predicted molar refractivity (Wildman–Crippen MR) is 35.3 cm³/mol. The molecule has 0 amide bonds. The highest BCUT2D eigenvalue weighted by Gasteiger charge is 2.35. The highest BCUT2D eigenvalue weighted by molar-refractivity contribution is 5.94. The molecule has 0 aliphatic heterocycles. The normalized spacial score (nSPS) is 12.0. The van der Waals surface area contributed by atoms with Crippen LogP contribution in [0.2, 0.25) is 0 Å². The van der Waals surface area contributed by atoms with Crippen molar-refractivity contribution < 1.29 is 23.1 Å². The van der Waals surface area contributed by atoms with E-state index in [9.17, 15) is 18.0 Å². The zero-order valence-corrected chi connectivity index (χ0v) is 6.06. The molecule has 0 saturated heterocycles. The number of alkyl halides is 3. The minimum Gasteiger partial charge on any atom is -0.395 e. The van der Waals surface area contributed by atoms with E-state index in [1.165, 1.54) is 0 Å². The number of rotatable bonds is 4. The number of ketones is 1. The summed E-state index contributed by atoms with van der Waals surface area (Å²) in [6, 6.07) is 0. The summed E-state index contributed by atoms with van der Waals surface area (Å²) >= 11 is 0. The van der Waals surface area contributed by atoms with Gasteiger partial charge in [-0.2, -0.15) is 13.2 Å². The maximum absolute atomic E-state index is 11.5. The number of carbonyl (C=O) groups is 1. The van der Waals surface area contributed by atoms with Gasteiger partial charge in [0.15, 0.2) is 0 Å². The van der Waals surface area contributed by atoms with Crippen LogP contribution in [0, 0.1) is 0 Å². The van der Waals surface area contributed by atoms with Crippen molar-refractivity contribution in [3.05, 3.63) is 12.3 Å². The van der Waals surface area contributed by atoms with Gasteiger partial charge >= 0.3 is 6.18 Å². The second-order valence-corrected chi connectivity index (χ2v) is 1.87. The third-order valence-electron chi connectivity index (χ3n) is 0.888. The van der Waals surface area contributed by atoms with Crippen molar-refractivity contribution in [2.24, 2.45) is 0 Å². The van der Waals surface area contributed by atoms with E-state index in [1.54, 1.807) is 0 Å². The van der Waals surface area contributed by atoms with Gasteiger partial charge in [0.2, 0.25) is 0 Å². The van der Waals surface area contributed by atoms with Gasteiger partial charge in [-0.1, -0.05) is 0 Å². The number of hydrogen-bond donors (Lipinski definition) is 2. The van der Waals surface area contributed by atoms with Gasteiger partial charge in [-0.25, -0.2) is 0 Å². The summed E-state index contributed by atoms with van der Waals surface area (Å²) < 4.78 is 34.4. The third kappa shape index (κ3) is 4.73. The largest absolute Gasteiger partial charge is 0.454 e. The van der Waals surface area contributed by atoms with Gasteiger partial charge in [0.1, 0.15) is 0 Å². The van der Waals surface area contributed by atoms with Crippen molar-refractivity contribution in [3.63, 3.8) is 0 Å². The van der Waals surface area contributed by atoms with Crippen molar-refractivity contribution in [2.45, 2.75) is 6.18 Å². The molecule has 0 aliphatic rings. The highest BCUT2D eigenvalue weighted by Crippen LogP contribution is 2.15. The van der Waals surface area contributed by atoms with Crippen LogP contribution in [-0.4, -0.2) is 30.2 Å². The first-order valence-electron chi connectivity index (χ1n) is 3.10. The minimum atomic E-state index is -4.82. The van der Waals surface area contributed by atoms with Crippen LogP contribution in [0.1, 0.15) is 0 Å². The first kappa shape index (κ1) is 11.0. The molecule has 12 heavy (non-hydrogen) atoms. The van der Waals surface area contributed by atoms with E-state index >= 15 is 0 Å². The van der Waals surface area contributed by atoms with E-state index < -0.39 is 12.0 Å². The fourth-order valence-corrected chi connectivity index (χ4v) is 0.377. The molecule has 3 nitrogen and oxygen atoms in total. The maximum atomic E-state index is 11.5. The first-order chi connectivity index (χ1) is 5.48. The Labute approximate surface area is 66.9 Å². The lowest BCUT2D eigenvalue weighted by molar-refractivity contribution is -0.165. The second kappa shape index (κ2) is 4.76. The van der Waals surface area contributed by atoms with Gasteiger partial charge < -0.3 is 10.4 Å². The quantitative estimate of drug-likeness (QED) is 0.484. The number of aliphatic hydroxyl groups is 1. The molecule has 0 aromatic carbocycles. The molecule has 70 valence electrons. The van der Waals surface area contributed by atoms with E-state index in [2.05, 4.69) is 5.32 Å². The number of halogens is 3. The second-order valence-electron chi connectivity index (χ2n) is 1.87. The van der Waals surface area contributed by atoms with Gasteiger partial charge in [0, 0.05) is 18.8 Å². The molecule has 0 saturated carbocycles. The number of aliphatic hydroxyl groups excluding tert-OH is 1. The fourth-order valence-electron chi connectivity index (χ4n) is 0.377. The monoisotopic (exact) mass is 183 g/mol. The zero-order valence-electron chi connectivity index (χ0n) is 6.06. The third-order valence-corrected chi connectivity index (χ3v) is 0.888. The standard InChI is InChI=1S/C6H8F3NO2/c7-6(8,9)5(12)1-2-10-3-4-11/h1-2,10-11H,3-4H2/b2-1-. The Morgan fingerprint density at radius 1 is 1.50 bits per heavy atom. The van der Waals surface area contributed by atoms with Crippen LogP contribution >= 0.6 is 0 Å². The molecule has 0 rings (SSSR count). The van der Waals surface area contributed by atoms with Crippen LogP contribution in [0.15, 0.2) is 12.3 Å². The first-order valence-corrected chi connectivity index (χ1v) is 3.10. The molecule has 6 heteroatoms. The lowest BCUT2D eigenvalue weighted by Crippen LogP contribution is -2.21. The average Bonchev–Trinajstić information content (AvgIpc) is 1.96. The van der Waals surface area contributed by atoms with Crippen molar-refractivity contribution in [1.29, 1.82) is 0 Å². The average molecular weight is 183 g/mol. The Balaban J connectivity index is 3.77. The lowest BCUT2D eigenvalue weighted by atomic mass is 10.4. The Morgan fingerprint density at radius 3 is 2.50 bits per heavy atom. The van der Waals surface area contributed by atoms with Crippen LogP contribution in [-0.2, 0) is 4.79 Å². The Kier molecular flexibility index (Phi) is 4.35. The van der Waals surface area contributed by atoms with Crippen molar-refractivity contribution in [3.8, 4) is 0 Å². The lowest BCUT2D eigenvalue weighted by Gasteiger charge is -1.99. The predicted octanol–water partition coefficient (Wildman–Crippen LogP) is 0.213. The van der Waals surface area contributed by atoms with Gasteiger partial charge in [-0.3, -0.25) is 4.79 Å². The van der Waals surface area contributed by atoms with Crippen molar-refractivity contribution in [1.82, 2.24) is 5.32 Å². The molecule has 0 unspecified atom stereocenters. The van der Waals surface area contributed by atoms with Gasteiger partial charge in [0.25, 0.3) is 5.78 Å². The molecular weight excluding hydrogens is 175 g/mol. The van der Waals surface area contributed by atoms with Crippen molar-refractivity contribution in [2.75, 3.05) is 13.2 Å². The van der Waals surface area contributed by atoms with Gasteiger partial charge in [-0.15, -0.1) is 0 Å². The number of nitrogens with one attached hydrogen (secondary N) is 1. The van der Waals surface area contributed by atoms with Crippen LogP contribution in [0.5, 0.6) is 0 Å².